The Morgan fingerprint density at radius 3 is 2.38 bits per heavy atom. The molecule has 5 aromatic rings. The third-order valence-corrected chi connectivity index (χ3v) is 13.2. The number of benzene rings is 2. The number of thiazole rings is 1. The lowest BCUT2D eigenvalue weighted by Gasteiger charge is -2.40. The molecule has 0 atom stereocenters. The Bertz CT molecular complexity index is 2430. The van der Waals surface area contributed by atoms with Crippen molar-refractivity contribution in [1.29, 1.82) is 0 Å². The van der Waals surface area contributed by atoms with Gasteiger partial charge in [-0.25, -0.2) is 19.7 Å². The Morgan fingerprint density at radius 2 is 1.63 bits per heavy atom. The summed E-state index contributed by atoms with van der Waals surface area (Å²) in [5.41, 5.74) is 2.61. The van der Waals surface area contributed by atoms with Crippen LogP contribution in [0, 0.1) is 19.3 Å². The Labute approximate surface area is 357 Å². The number of aryl methyl sites for hydroxylation is 2. The molecule has 0 aliphatic carbocycles. The zero-order valence-electron chi connectivity index (χ0n) is 34.0. The number of piperazine rings is 1. The summed E-state index contributed by atoms with van der Waals surface area (Å²) >= 11 is 7.54. The molecule has 17 heteroatoms. The van der Waals surface area contributed by atoms with E-state index in [2.05, 4.69) is 45.2 Å². The van der Waals surface area contributed by atoms with Gasteiger partial charge < -0.3 is 25.3 Å². The number of aromatic nitrogens is 5. The van der Waals surface area contributed by atoms with Gasteiger partial charge in [0.1, 0.15) is 22.3 Å². The molecule has 2 amide bonds. The molecule has 8 rings (SSSR count). The van der Waals surface area contributed by atoms with E-state index in [0.717, 1.165) is 108 Å². The third-order valence-electron chi connectivity index (χ3n) is 12.0. The van der Waals surface area contributed by atoms with Crippen molar-refractivity contribution in [1.82, 2.24) is 34.3 Å². The smallest absolute Gasteiger partial charge is 0.332 e. The Kier molecular flexibility index (Phi) is 12.3. The Balaban J connectivity index is 0.740. The number of H-pyrrole nitrogens is 1. The molecule has 60 heavy (non-hydrogen) atoms. The quantitative estimate of drug-likeness (QED) is 0.129. The van der Waals surface area contributed by atoms with Crippen LogP contribution in [-0.4, -0.2) is 105 Å². The van der Waals surface area contributed by atoms with Gasteiger partial charge in [0, 0.05) is 82.8 Å². The van der Waals surface area contributed by atoms with Gasteiger partial charge in [0.25, 0.3) is 11.5 Å². The molecule has 3 aliphatic heterocycles. The van der Waals surface area contributed by atoms with E-state index in [1.54, 1.807) is 12.3 Å². The lowest BCUT2D eigenvalue weighted by molar-refractivity contribution is -0.130. The minimum Gasteiger partial charge on any atom is -0.371 e. The maximum atomic E-state index is 13.3. The minimum atomic E-state index is -0.454. The molecule has 2 aromatic carbocycles. The fourth-order valence-corrected chi connectivity index (χ4v) is 9.49. The van der Waals surface area contributed by atoms with Crippen molar-refractivity contribution in [3.8, 4) is 5.69 Å². The second-order valence-electron chi connectivity index (χ2n) is 16.0. The zero-order chi connectivity index (χ0) is 41.8. The summed E-state index contributed by atoms with van der Waals surface area (Å²) in [7, 11) is 0. The number of carbonyl (C=O) groups is 2. The van der Waals surface area contributed by atoms with Crippen LogP contribution < -0.4 is 31.7 Å². The molecule has 0 bridgehead atoms. The number of para-hydroxylation sites is 1. The van der Waals surface area contributed by atoms with Gasteiger partial charge in [-0.15, -0.1) is 0 Å². The first-order valence-electron chi connectivity index (χ1n) is 20.6. The number of amides is 2. The molecule has 1 spiro atoms. The van der Waals surface area contributed by atoms with Gasteiger partial charge >= 0.3 is 5.69 Å². The van der Waals surface area contributed by atoms with Crippen LogP contribution in [0.4, 0.5) is 28.1 Å². The molecule has 314 valence electrons. The van der Waals surface area contributed by atoms with Crippen molar-refractivity contribution < 1.29 is 9.59 Å². The largest absolute Gasteiger partial charge is 0.371 e. The second kappa shape index (κ2) is 18.0. The number of nitrogens with zero attached hydrogens (tertiary/aromatic N) is 8. The molecule has 0 saturated carbocycles. The summed E-state index contributed by atoms with van der Waals surface area (Å²) < 4.78 is 1.43. The fourth-order valence-electron chi connectivity index (χ4n) is 8.50. The predicted octanol–water partition coefficient (Wildman–Crippen LogP) is 5.85. The minimum absolute atomic E-state index is 0.189. The van der Waals surface area contributed by atoms with Crippen LogP contribution in [0.2, 0.25) is 5.02 Å². The highest BCUT2D eigenvalue weighted by Gasteiger charge is 2.42. The van der Waals surface area contributed by atoms with Crippen molar-refractivity contribution in [2.75, 3.05) is 79.3 Å². The summed E-state index contributed by atoms with van der Waals surface area (Å²) in [4.78, 5) is 75.5. The molecule has 3 saturated heterocycles. The van der Waals surface area contributed by atoms with Crippen molar-refractivity contribution in [3.05, 3.63) is 109 Å². The number of hydrogen-bond acceptors (Lipinski definition) is 12. The lowest BCUT2D eigenvalue weighted by Crippen LogP contribution is -2.47. The van der Waals surface area contributed by atoms with Crippen molar-refractivity contribution in [2.24, 2.45) is 5.41 Å². The van der Waals surface area contributed by atoms with Gasteiger partial charge in [0.05, 0.1) is 22.6 Å². The maximum Gasteiger partial charge on any atom is 0.332 e. The molecule has 3 fully saturated rings. The first-order valence-corrected chi connectivity index (χ1v) is 21.8. The lowest BCUT2D eigenvalue weighted by atomic mass is 9.77. The van der Waals surface area contributed by atoms with E-state index in [0.29, 0.717) is 44.5 Å². The molecule has 0 unspecified atom stereocenters. The van der Waals surface area contributed by atoms with Crippen LogP contribution in [0.1, 0.15) is 59.6 Å². The van der Waals surface area contributed by atoms with Gasteiger partial charge in [0.15, 0.2) is 5.13 Å². The highest BCUT2D eigenvalue weighted by Crippen LogP contribution is 2.41. The van der Waals surface area contributed by atoms with E-state index in [-0.39, 0.29) is 17.2 Å². The highest BCUT2D eigenvalue weighted by molar-refractivity contribution is 7.17. The summed E-state index contributed by atoms with van der Waals surface area (Å²) in [5.74, 6) is 2.12. The number of hydrogen-bond donors (Lipinski definition) is 3. The van der Waals surface area contributed by atoms with Gasteiger partial charge in [0.2, 0.25) is 5.91 Å². The normalized spacial score (nSPS) is 16.7. The van der Waals surface area contributed by atoms with Gasteiger partial charge in [-0.3, -0.25) is 28.8 Å². The summed E-state index contributed by atoms with van der Waals surface area (Å²) in [6, 6.07) is 16.6. The first-order chi connectivity index (χ1) is 29.0. The summed E-state index contributed by atoms with van der Waals surface area (Å²) in [6.07, 6.45) is 8.66. The van der Waals surface area contributed by atoms with E-state index < -0.39 is 11.2 Å². The first kappa shape index (κ1) is 41.2. The highest BCUT2D eigenvalue weighted by atomic mass is 35.5. The number of carbonyl (C=O) groups excluding carboxylic acids is 2. The average molecular weight is 852 g/mol. The second-order valence-corrected chi connectivity index (χ2v) is 17.5. The number of unbranched alkanes of at least 4 members (excludes halogenated alkanes) is 1. The van der Waals surface area contributed by atoms with Crippen molar-refractivity contribution in [2.45, 2.75) is 52.4 Å². The van der Waals surface area contributed by atoms with Crippen LogP contribution in [0.25, 0.3) is 5.69 Å². The van der Waals surface area contributed by atoms with Crippen LogP contribution in [0.15, 0.2) is 76.6 Å². The Hall–Kier alpha value is -5.58. The molecule has 3 aromatic heterocycles. The standard InChI is InChI=1S/C43H50ClN11O4S/c1-29-6-5-7-33(44)39(29)50-40(58)34-27-45-41(60-34)48-35-26-36(47-30(2)46-35)53-24-22-51(23-25-53)17-4-3-8-38(57)54-21-16-43(28-54)14-19-52(20-15-43)31-9-11-32(12-10-31)55-18-13-37(56)49-42(55)59/h5-7,9-13,18,26-27H,3-4,8,14-17,19-25,28H2,1-2H3,(H,50,58)(H,49,56,59)(H,45,46,47,48). The number of aromatic amines is 1. The summed E-state index contributed by atoms with van der Waals surface area (Å²) in [5, 5.41) is 7.19. The number of nitrogens with one attached hydrogen (secondary N) is 3. The number of piperidine rings is 1. The molecule has 3 N–H and O–H groups in total. The monoisotopic (exact) mass is 851 g/mol. The van der Waals surface area contributed by atoms with Crippen molar-refractivity contribution in [3.63, 3.8) is 0 Å². The number of halogens is 1. The van der Waals surface area contributed by atoms with E-state index in [1.165, 1.54) is 28.2 Å². The van der Waals surface area contributed by atoms with Crippen LogP contribution in [-0.2, 0) is 4.79 Å². The van der Waals surface area contributed by atoms with Crippen LogP contribution >= 0.6 is 22.9 Å². The number of rotatable bonds is 12. The average Bonchev–Trinajstić information content (AvgIpc) is 3.89. The van der Waals surface area contributed by atoms with E-state index >= 15 is 0 Å². The molecule has 15 nitrogen and oxygen atoms in total. The third kappa shape index (κ3) is 9.56. The van der Waals surface area contributed by atoms with Crippen molar-refractivity contribution >= 4 is 62.9 Å². The number of likely N-dealkylation sites (tertiary alicyclic amines) is 1. The molecular weight excluding hydrogens is 802 g/mol. The van der Waals surface area contributed by atoms with Gasteiger partial charge in [-0.1, -0.05) is 35.1 Å². The molecular formula is C43H50ClN11O4S. The van der Waals surface area contributed by atoms with Crippen LogP contribution in [0.3, 0.4) is 0 Å². The Morgan fingerprint density at radius 1 is 0.883 bits per heavy atom. The van der Waals surface area contributed by atoms with E-state index in [4.69, 9.17) is 16.6 Å². The van der Waals surface area contributed by atoms with Gasteiger partial charge in [-0.05, 0) is 93.8 Å². The van der Waals surface area contributed by atoms with Crippen LogP contribution in [0.5, 0.6) is 0 Å². The molecule has 6 heterocycles. The summed E-state index contributed by atoms with van der Waals surface area (Å²) in [6.45, 7) is 11.8. The fraction of sp³-hybridized carbons (Fsp3) is 0.419. The maximum absolute atomic E-state index is 13.3. The van der Waals surface area contributed by atoms with E-state index in [9.17, 15) is 19.2 Å². The SMILES string of the molecule is Cc1nc(Nc2ncc(C(=O)Nc3c(C)cccc3Cl)s2)cc(N2CCN(CCCCC(=O)N3CCC4(CCN(c5ccc(-n6ccc(=O)[nH]c6=O)cc5)CC4)C3)CC2)n1. The topological polar surface area (TPSA) is 165 Å². The zero-order valence-corrected chi connectivity index (χ0v) is 35.5. The predicted molar refractivity (Wildman–Crippen MR) is 237 cm³/mol. The number of anilines is 5. The molecule has 3 aliphatic rings. The molecule has 0 radical (unpaired) electrons. The van der Waals surface area contributed by atoms with E-state index in [1.807, 2.05) is 56.3 Å². The van der Waals surface area contributed by atoms with Gasteiger partial charge in [-0.2, -0.15) is 0 Å².